The van der Waals surface area contributed by atoms with E-state index >= 15 is 0 Å². The maximum Gasteiger partial charge on any atom is -0.00546 e. The molecule has 0 fully saturated rings. The van der Waals surface area contributed by atoms with Crippen molar-refractivity contribution < 1.29 is 0 Å². The van der Waals surface area contributed by atoms with E-state index in [1.165, 1.54) is 12.0 Å². The highest BCUT2D eigenvalue weighted by molar-refractivity contribution is 5.38. The third-order valence-corrected chi connectivity index (χ3v) is 4.90. The average Bonchev–Trinajstić information content (AvgIpc) is 2.12. The van der Waals surface area contributed by atoms with Crippen LogP contribution in [0, 0.1) is 21.7 Å². The largest absolute Gasteiger partial charge is 0.0740 e. The van der Waals surface area contributed by atoms with E-state index in [2.05, 4.69) is 81.4 Å². The molecule has 0 aromatic carbocycles. The normalized spacial score (nSPS) is 26.0. The minimum atomic E-state index is 0.226. The zero-order chi connectivity index (χ0) is 15.3. The molecule has 0 heterocycles. The van der Waals surface area contributed by atoms with E-state index in [0.29, 0.717) is 0 Å². The predicted molar refractivity (Wildman–Crippen MR) is 87.3 cm³/mol. The second kappa shape index (κ2) is 4.50. The lowest BCUT2D eigenvalue weighted by Gasteiger charge is -2.46. The molecule has 0 N–H and O–H groups in total. The molecular weight excluding hydrogens is 228 g/mol. The average molecular weight is 262 g/mol. The highest BCUT2D eigenvalue weighted by atomic mass is 14.5. The lowest BCUT2D eigenvalue weighted by molar-refractivity contribution is 0.154. The molecule has 110 valence electrons. The van der Waals surface area contributed by atoms with Crippen LogP contribution in [0.15, 0.2) is 23.3 Å². The third-order valence-electron chi connectivity index (χ3n) is 4.90. The van der Waals surface area contributed by atoms with Crippen molar-refractivity contribution >= 4 is 0 Å². The first-order valence-corrected chi connectivity index (χ1v) is 7.61. The number of allylic oxidation sites excluding steroid dienone is 4. The Hall–Kier alpha value is -0.520. The van der Waals surface area contributed by atoms with E-state index in [9.17, 15) is 0 Å². The van der Waals surface area contributed by atoms with Gasteiger partial charge in [0.1, 0.15) is 0 Å². The molecule has 1 unspecified atom stereocenters. The van der Waals surface area contributed by atoms with E-state index in [0.717, 1.165) is 0 Å². The molecule has 0 amide bonds. The predicted octanol–water partition coefficient (Wildman–Crippen LogP) is 6.39. The number of hydrogen-bond donors (Lipinski definition) is 0. The van der Waals surface area contributed by atoms with Crippen molar-refractivity contribution in [1.82, 2.24) is 0 Å². The maximum atomic E-state index is 2.54. The third kappa shape index (κ3) is 3.52. The highest BCUT2D eigenvalue weighted by Gasteiger charge is 2.41. The van der Waals surface area contributed by atoms with Crippen LogP contribution >= 0.6 is 0 Å². The molecule has 0 heteroatoms. The van der Waals surface area contributed by atoms with Gasteiger partial charge in [0.25, 0.3) is 0 Å². The van der Waals surface area contributed by atoms with Crippen LogP contribution in [-0.4, -0.2) is 0 Å². The van der Waals surface area contributed by atoms with E-state index in [-0.39, 0.29) is 21.7 Å². The molecule has 0 aliphatic heterocycles. The highest BCUT2D eigenvalue weighted by Crippen LogP contribution is 2.52. The lowest BCUT2D eigenvalue weighted by Crippen LogP contribution is -2.36. The van der Waals surface area contributed by atoms with Crippen molar-refractivity contribution in [1.29, 1.82) is 0 Å². The molecule has 0 spiro atoms. The molecule has 0 radical (unpaired) electrons. The van der Waals surface area contributed by atoms with Crippen LogP contribution in [0.4, 0.5) is 0 Å². The van der Waals surface area contributed by atoms with Gasteiger partial charge in [-0.25, -0.2) is 0 Å². The van der Waals surface area contributed by atoms with Crippen LogP contribution in [0.1, 0.15) is 75.7 Å². The van der Waals surface area contributed by atoms with Crippen LogP contribution in [-0.2, 0) is 0 Å². The van der Waals surface area contributed by atoms with Gasteiger partial charge in [0, 0.05) is 0 Å². The Kier molecular flexibility index (Phi) is 3.92. The van der Waals surface area contributed by atoms with Crippen LogP contribution in [0.5, 0.6) is 0 Å². The second-order valence-electron chi connectivity index (χ2n) is 9.61. The van der Waals surface area contributed by atoms with Crippen molar-refractivity contribution in [2.75, 3.05) is 0 Å². The van der Waals surface area contributed by atoms with Gasteiger partial charge in [-0.1, -0.05) is 87.0 Å². The van der Waals surface area contributed by atoms with Gasteiger partial charge in [0.15, 0.2) is 0 Å². The summed E-state index contributed by atoms with van der Waals surface area (Å²) in [5.74, 6) is 0. The Balaban J connectivity index is 3.39. The van der Waals surface area contributed by atoms with Gasteiger partial charge in [-0.15, -0.1) is 0 Å². The fourth-order valence-electron chi connectivity index (χ4n) is 2.47. The monoisotopic (exact) mass is 262 g/mol. The first-order valence-electron chi connectivity index (χ1n) is 7.61. The molecule has 0 saturated carbocycles. The Morgan fingerprint density at radius 1 is 0.842 bits per heavy atom. The SMILES string of the molecule is CC(C)(C)C1=CC(C)(C(C)(C)C)CC(C(C)(C)C)=C1. The molecule has 1 aliphatic rings. The molecular formula is C19H34. The summed E-state index contributed by atoms with van der Waals surface area (Å²) in [7, 11) is 0. The number of hydrogen-bond acceptors (Lipinski definition) is 0. The van der Waals surface area contributed by atoms with Gasteiger partial charge in [-0.3, -0.25) is 0 Å². The standard InChI is InChI=1S/C19H34/c1-16(2,3)14-11-15(17(4,5)6)13-19(10,12-14)18(7,8)9/h11-12H,13H2,1-10H3. The summed E-state index contributed by atoms with van der Waals surface area (Å²) in [6.07, 6.45) is 6.19. The molecule has 0 bridgehead atoms. The Morgan fingerprint density at radius 2 is 1.32 bits per heavy atom. The molecule has 1 aliphatic carbocycles. The zero-order valence-corrected chi connectivity index (χ0v) is 14.9. The number of rotatable bonds is 0. The Bertz CT molecular complexity index is 399. The smallest absolute Gasteiger partial charge is 0.00546 e. The van der Waals surface area contributed by atoms with Gasteiger partial charge in [0.05, 0.1) is 0 Å². The van der Waals surface area contributed by atoms with Gasteiger partial charge in [-0.2, -0.15) is 0 Å². The van der Waals surface area contributed by atoms with Crippen molar-refractivity contribution in [3.05, 3.63) is 23.3 Å². The summed E-state index contributed by atoms with van der Waals surface area (Å²) in [5.41, 5.74) is 4.11. The first-order chi connectivity index (χ1) is 8.17. The molecule has 1 atom stereocenters. The Morgan fingerprint density at radius 3 is 1.63 bits per heavy atom. The van der Waals surface area contributed by atoms with E-state index < -0.39 is 0 Å². The molecule has 0 aromatic heterocycles. The summed E-state index contributed by atoms with van der Waals surface area (Å²) in [6, 6.07) is 0. The maximum absolute atomic E-state index is 2.54. The minimum absolute atomic E-state index is 0.226. The van der Waals surface area contributed by atoms with E-state index in [1.807, 2.05) is 0 Å². The Labute approximate surface area is 121 Å². The summed E-state index contributed by atoms with van der Waals surface area (Å²) >= 11 is 0. The molecule has 1 rings (SSSR count). The van der Waals surface area contributed by atoms with Gasteiger partial charge in [0.2, 0.25) is 0 Å². The zero-order valence-electron chi connectivity index (χ0n) is 14.9. The second-order valence-corrected chi connectivity index (χ2v) is 9.61. The van der Waals surface area contributed by atoms with E-state index in [1.54, 1.807) is 5.57 Å². The van der Waals surface area contributed by atoms with Crippen LogP contribution in [0.25, 0.3) is 0 Å². The van der Waals surface area contributed by atoms with E-state index in [4.69, 9.17) is 0 Å². The summed E-state index contributed by atoms with van der Waals surface area (Å²) in [4.78, 5) is 0. The first kappa shape index (κ1) is 16.5. The van der Waals surface area contributed by atoms with Crippen molar-refractivity contribution in [3.8, 4) is 0 Å². The van der Waals surface area contributed by atoms with Gasteiger partial charge < -0.3 is 0 Å². The van der Waals surface area contributed by atoms with Crippen LogP contribution in [0.2, 0.25) is 0 Å². The molecule has 19 heavy (non-hydrogen) atoms. The summed E-state index contributed by atoms with van der Waals surface area (Å²) in [5, 5.41) is 0. The van der Waals surface area contributed by atoms with Crippen molar-refractivity contribution in [2.45, 2.75) is 75.7 Å². The molecule has 0 aromatic rings. The quantitative estimate of drug-likeness (QED) is 0.474. The lowest BCUT2D eigenvalue weighted by atomic mass is 9.58. The van der Waals surface area contributed by atoms with Crippen molar-refractivity contribution in [3.63, 3.8) is 0 Å². The summed E-state index contributed by atoms with van der Waals surface area (Å²) in [6.45, 7) is 23.5. The fourth-order valence-corrected chi connectivity index (χ4v) is 2.47. The molecule has 0 nitrogen and oxygen atoms in total. The fraction of sp³-hybridized carbons (Fsp3) is 0.789. The minimum Gasteiger partial charge on any atom is -0.0740 e. The topological polar surface area (TPSA) is 0 Å². The van der Waals surface area contributed by atoms with Crippen LogP contribution in [0.3, 0.4) is 0 Å². The summed E-state index contributed by atoms with van der Waals surface area (Å²) < 4.78 is 0. The van der Waals surface area contributed by atoms with Crippen LogP contribution < -0.4 is 0 Å². The molecule has 0 saturated heterocycles. The van der Waals surface area contributed by atoms with Gasteiger partial charge in [-0.05, 0) is 33.7 Å². The van der Waals surface area contributed by atoms with Gasteiger partial charge >= 0.3 is 0 Å². The van der Waals surface area contributed by atoms with Crippen molar-refractivity contribution in [2.24, 2.45) is 21.7 Å².